The number of carbonyl (C=O) groups is 2. The van der Waals surface area contributed by atoms with Crippen LogP contribution in [0, 0.1) is 6.92 Å². The first-order valence-corrected chi connectivity index (χ1v) is 10.9. The van der Waals surface area contributed by atoms with Crippen molar-refractivity contribution >= 4 is 28.9 Å². The van der Waals surface area contributed by atoms with Crippen molar-refractivity contribution in [2.45, 2.75) is 20.0 Å². The van der Waals surface area contributed by atoms with E-state index in [-0.39, 0.29) is 5.91 Å². The van der Waals surface area contributed by atoms with Crippen LogP contribution >= 0.6 is 0 Å². The van der Waals surface area contributed by atoms with Gasteiger partial charge >= 0.3 is 5.97 Å². The minimum Gasteiger partial charge on any atom is -0.481 e. The number of hydrazone groups is 1. The van der Waals surface area contributed by atoms with E-state index >= 15 is 0 Å². The lowest BCUT2D eigenvalue weighted by Crippen LogP contribution is -2.33. The van der Waals surface area contributed by atoms with Crippen LogP contribution in [0.5, 0.6) is 11.5 Å². The number of fused-ring (bicyclic) bond motifs is 1. The Balaban J connectivity index is 1.28. The number of amides is 1. The monoisotopic (exact) mass is 452 g/mol. The maximum Gasteiger partial charge on any atom is 0.343 e. The van der Waals surface area contributed by atoms with Crippen molar-refractivity contribution in [1.29, 1.82) is 0 Å². The van der Waals surface area contributed by atoms with E-state index < -0.39 is 12.1 Å². The van der Waals surface area contributed by atoms with Gasteiger partial charge in [0.15, 0.2) is 6.10 Å². The molecule has 6 heteroatoms. The highest BCUT2D eigenvalue weighted by molar-refractivity contribution is 5.91. The Morgan fingerprint density at radius 3 is 2.26 bits per heavy atom. The van der Waals surface area contributed by atoms with E-state index in [1.54, 1.807) is 43.3 Å². The lowest BCUT2D eigenvalue weighted by atomic mass is 10.1. The summed E-state index contributed by atoms with van der Waals surface area (Å²) in [6.07, 6.45) is 0.786. The largest absolute Gasteiger partial charge is 0.481 e. The highest BCUT2D eigenvalue weighted by atomic mass is 16.5. The average Bonchev–Trinajstić information content (AvgIpc) is 2.85. The number of nitrogens with one attached hydrogen (secondary N) is 1. The normalized spacial score (nSPS) is 11.8. The zero-order chi connectivity index (χ0) is 23.9. The SMILES string of the molecule is Cc1ccc(C(=O)Oc2ccc(/C=N\NC(=O)[C@@H](C)Oc3ccc4ccccc4c3)cc2)cc1. The summed E-state index contributed by atoms with van der Waals surface area (Å²) < 4.78 is 11.1. The maximum absolute atomic E-state index is 12.3. The molecule has 0 heterocycles. The van der Waals surface area contributed by atoms with E-state index in [0.29, 0.717) is 17.1 Å². The number of hydrogen-bond acceptors (Lipinski definition) is 5. The predicted octanol–water partition coefficient (Wildman–Crippen LogP) is 5.29. The van der Waals surface area contributed by atoms with Gasteiger partial charge in [0.05, 0.1) is 11.8 Å². The summed E-state index contributed by atoms with van der Waals surface area (Å²) in [5, 5.41) is 6.13. The van der Waals surface area contributed by atoms with Crippen molar-refractivity contribution in [1.82, 2.24) is 5.43 Å². The summed E-state index contributed by atoms with van der Waals surface area (Å²) >= 11 is 0. The van der Waals surface area contributed by atoms with Gasteiger partial charge in [0, 0.05) is 0 Å². The molecule has 0 aromatic heterocycles. The van der Waals surface area contributed by atoms with Gasteiger partial charge in [-0.2, -0.15) is 5.10 Å². The lowest BCUT2D eigenvalue weighted by Gasteiger charge is -2.13. The van der Waals surface area contributed by atoms with Crippen LogP contribution in [0.4, 0.5) is 0 Å². The Morgan fingerprint density at radius 2 is 1.53 bits per heavy atom. The predicted molar refractivity (Wildman–Crippen MR) is 132 cm³/mol. The molecule has 0 aliphatic rings. The first-order valence-electron chi connectivity index (χ1n) is 10.9. The number of nitrogens with zero attached hydrogens (tertiary/aromatic N) is 1. The Morgan fingerprint density at radius 1 is 0.853 bits per heavy atom. The molecular formula is C28H24N2O4. The van der Waals surface area contributed by atoms with Gasteiger partial charge in [-0.05, 0) is 78.7 Å². The lowest BCUT2D eigenvalue weighted by molar-refractivity contribution is -0.127. The third-order valence-corrected chi connectivity index (χ3v) is 5.17. The number of ether oxygens (including phenoxy) is 2. The third-order valence-electron chi connectivity index (χ3n) is 5.17. The van der Waals surface area contributed by atoms with Crippen LogP contribution in [-0.2, 0) is 4.79 Å². The van der Waals surface area contributed by atoms with E-state index in [2.05, 4.69) is 10.5 Å². The summed E-state index contributed by atoms with van der Waals surface area (Å²) in [6, 6.07) is 27.6. The van der Waals surface area contributed by atoms with Crippen LogP contribution in [0.1, 0.15) is 28.4 Å². The number of hydrogen-bond donors (Lipinski definition) is 1. The minimum atomic E-state index is -0.720. The van der Waals surface area contributed by atoms with Crippen molar-refractivity contribution in [2.24, 2.45) is 5.10 Å². The molecule has 0 unspecified atom stereocenters. The number of carbonyl (C=O) groups excluding carboxylic acids is 2. The van der Waals surface area contributed by atoms with Crippen molar-refractivity contribution < 1.29 is 19.1 Å². The second-order valence-corrected chi connectivity index (χ2v) is 7.83. The molecule has 0 radical (unpaired) electrons. The number of aryl methyl sites for hydroxylation is 1. The molecule has 1 amide bonds. The summed E-state index contributed by atoms with van der Waals surface area (Å²) in [5.74, 6) is 0.243. The first kappa shape index (κ1) is 22.7. The summed E-state index contributed by atoms with van der Waals surface area (Å²) in [7, 11) is 0. The van der Waals surface area contributed by atoms with Crippen LogP contribution in [0.3, 0.4) is 0 Å². The van der Waals surface area contributed by atoms with Crippen LogP contribution < -0.4 is 14.9 Å². The van der Waals surface area contributed by atoms with E-state index in [9.17, 15) is 9.59 Å². The maximum atomic E-state index is 12.3. The van der Waals surface area contributed by atoms with Gasteiger partial charge < -0.3 is 9.47 Å². The molecule has 1 N–H and O–H groups in total. The topological polar surface area (TPSA) is 77.0 Å². The molecule has 6 nitrogen and oxygen atoms in total. The minimum absolute atomic E-state index is 0.368. The second-order valence-electron chi connectivity index (χ2n) is 7.83. The van der Waals surface area contributed by atoms with E-state index in [0.717, 1.165) is 21.9 Å². The van der Waals surface area contributed by atoms with Crippen molar-refractivity contribution in [2.75, 3.05) is 0 Å². The zero-order valence-electron chi connectivity index (χ0n) is 18.9. The molecule has 0 aliphatic carbocycles. The fourth-order valence-electron chi connectivity index (χ4n) is 3.24. The van der Waals surface area contributed by atoms with E-state index in [1.807, 2.05) is 61.5 Å². The van der Waals surface area contributed by atoms with Crippen LogP contribution in [0.2, 0.25) is 0 Å². The third kappa shape index (κ3) is 5.86. The van der Waals surface area contributed by atoms with Gasteiger partial charge in [-0.3, -0.25) is 4.79 Å². The summed E-state index contributed by atoms with van der Waals surface area (Å²) in [4.78, 5) is 24.5. The smallest absolute Gasteiger partial charge is 0.343 e. The Bertz CT molecular complexity index is 1330. The molecule has 4 rings (SSSR count). The molecule has 4 aromatic rings. The Kier molecular flexibility index (Phi) is 6.98. The molecule has 0 fully saturated rings. The van der Waals surface area contributed by atoms with Gasteiger partial charge in [-0.25, -0.2) is 10.2 Å². The van der Waals surface area contributed by atoms with Gasteiger partial charge in [0.2, 0.25) is 0 Å². The highest BCUT2D eigenvalue weighted by Crippen LogP contribution is 2.21. The van der Waals surface area contributed by atoms with Gasteiger partial charge in [0.25, 0.3) is 5.91 Å². The van der Waals surface area contributed by atoms with Crippen LogP contribution in [-0.4, -0.2) is 24.2 Å². The van der Waals surface area contributed by atoms with Crippen molar-refractivity contribution in [3.05, 3.63) is 108 Å². The highest BCUT2D eigenvalue weighted by Gasteiger charge is 2.14. The fraction of sp³-hybridized carbons (Fsp3) is 0.107. The Labute approximate surface area is 197 Å². The molecule has 1 atom stereocenters. The molecule has 0 aliphatic heterocycles. The molecular weight excluding hydrogens is 428 g/mol. The molecule has 0 bridgehead atoms. The number of rotatable bonds is 7. The molecule has 4 aromatic carbocycles. The van der Waals surface area contributed by atoms with Crippen molar-refractivity contribution in [3.8, 4) is 11.5 Å². The molecule has 0 saturated heterocycles. The van der Waals surface area contributed by atoms with Crippen molar-refractivity contribution in [3.63, 3.8) is 0 Å². The van der Waals surface area contributed by atoms with E-state index in [4.69, 9.17) is 9.47 Å². The van der Waals surface area contributed by atoms with Gasteiger partial charge in [-0.15, -0.1) is 0 Å². The molecule has 170 valence electrons. The molecule has 34 heavy (non-hydrogen) atoms. The summed E-state index contributed by atoms with van der Waals surface area (Å²) in [6.45, 7) is 3.62. The molecule has 0 saturated carbocycles. The van der Waals surface area contributed by atoms with Crippen LogP contribution in [0.15, 0.2) is 96.1 Å². The standard InChI is InChI=1S/C28H24N2O4/c1-19-7-11-23(12-8-19)28(32)34-25-14-9-21(10-15-25)18-29-30-27(31)20(2)33-26-16-13-22-5-3-4-6-24(22)17-26/h3-18,20H,1-2H3,(H,30,31)/b29-18-/t20-/m1/s1. The number of esters is 1. The second kappa shape index (κ2) is 10.4. The molecule has 0 spiro atoms. The Hall–Kier alpha value is -4.45. The van der Waals surface area contributed by atoms with Crippen LogP contribution in [0.25, 0.3) is 10.8 Å². The summed E-state index contributed by atoms with van der Waals surface area (Å²) in [5.41, 5.74) is 4.77. The van der Waals surface area contributed by atoms with Gasteiger partial charge in [-0.1, -0.05) is 48.0 Å². The number of benzene rings is 4. The fourth-order valence-corrected chi connectivity index (χ4v) is 3.24. The van der Waals surface area contributed by atoms with Gasteiger partial charge in [0.1, 0.15) is 11.5 Å². The quantitative estimate of drug-likeness (QED) is 0.179. The first-order chi connectivity index (χ1) is 16.5. The average molecular weight is 453 g/mol. The van der Waals surface area contributed by atoms with E-state index in [1.165, 1.54) is 6.21 Å². The zero-order valence-corrected chi connectivity index (χ0v) is 18.9.